The van der Waals surface area contributed by atoms with Crippen LogP contribution in [0.25, 0.3) is 0 Å². The van der Waals surface area contributed by atoms with Crippen LogP contribution in [0.15, 0.2) is 24.3 Å². The molecule has 3 heteroatoms. The van der Waals surface area contributed by atoms with E-state index in [1.807, 2.05) is 0 Å². The number of aliphatic hydroxyl groups excluding tert-OH is 1. The zero-order chi connectivity index (χ0) is 13.9. The average Bonchev–Trinajstić information content (AvgIpc) is 2.38. The van der Waals surface area contributed by atoms with Gasteiger partial charge in [0.25, 0.3) is 0 Å². The van der Waals surface area contributed by atoms with Crippen LogP contribution in [0.1, 0.15) is 32.8 Å². The number of para-hydroxylation sites is 1. The Balaban J connectivity index is 2.15. The highest BCUT2D eigenvalue weighted by molar-refractivity contribution is 5.55. The molecule has 0 radical (unpaired) electrons. The second-order valence-corrected chi connectivity index (χ2v) is 6.17. The Kier molecular flexibility index (Phi) is 4.48. The van der Waals surface area contributed by atoms with E-state index in [2.05, 4.69) is 55.3 Å². The van der Waals surface area contributed by atoms with Gasteiger partial charge in [0.2, 0.25) is 0 Å². The van der Waals surface area contributed by atoms with Crippen LogP contribution in [0.4, 0.5) is 5.69 Å². The van der Waals surface area contributed by atoms with E-state index in [-0.39, 0.29) is 12.1 Å². The van der Waals surface area contributed by atoms with Crippen molar-refractivity contribution >= 4 is 5.69 Å². The van der Waals surface area contributed by atoms with Gasteiger partial charge in [-0.3, -0.25) is 0 Å². The second kappa shape index (κ2) is 5.93. The minimum Gasteiger partial charge on any atom is -0.394 e. The molecule has 1 atom stereocenters. The summed E-state index contributed by atoms with van der Waals surface area (Å²) in [5, 5.41) is 13.2. The quantitative estimate of drug-likeness (QED) is 0.854. The zero-order valence-electron chi connectivity index (χ0n) is 12.3. The molecule has 2 N–H and O–H groups in total. The van der Waals surface area contributed by atoms with Crippen molar-refractivity contribution in [3.63, 3.8) is 0 Å². The van der Waals surface area contributed by atoms with Gasteiger partial charge in [0.1, 0.15) is 0 Å². The maximum atomic E-state index is 9.72. The third-order valence-electron chi connectivity index (χ3n) is 3.73. The van der Waals surface area contributed by atoms with Gasteiger partial charge in [-0.15, -0.1) is 0 Å². The summed E-state index contributed by atoms with van der Waals surface area (Å²) < 4.78 is 0. The molecule has 3 nitrogen and oxygen atoms in total. The summed E-state index contributed by atoms with van der Waals surface area (Å²) in [6.07, 6.45) is 2.36. The molecule has 1 heterocycles. The molecule has 1 aromatic carbocycles. The molecule has 19 heavy (non-hydrogen) atoms. The van der Waals surface area contributed by atoms with Gasteiger partial charge in [-0.25, -0.2) is 0 Å². The van der Waals surface area contributed by atoms with E-state index in [0.717, 1.165) is 13.1 Å². The first kappa shape index (κ1) is 14.4. The standard InChI is InChI=1S/C16H26N2O/c1-13(2)17-16(3,12-19)11-18-10-6-8-14-7-4-5-9-15(14)18/h4-5,7,9,13,17,19H,6,8,10-12H2,1-3H3. The van der Waals surface area contributed by atoms with E-state index in [9.17, 15) is 5.11 Å². The first-order valence-corrected chi connectivity index (χ1v) is 7.25. The van der Waals surface area contributed by atoms with Crippen LogP contribution in [0.5, 0.6) is 0 Å². The fraction of sp³-hybridized carbons (Fsp3) is 0.625. The molecule has 0 aliphatic carbocycles. The molecule has 0 fully saturated rings. The molecule has 106 valence electrons. The van der Waals surface area contributed by atoms with Gasteiger partial charge in [0, 0.05) is 24.8 Å². The number of rotatable bonds is 5. The summed E-state index contributed by atoms with van der Waals surface area (Å²) in [6, 6.07) is 9.00. The number of aliphatic hydroxyl groups is 1. The highest BCUT2D eigenvalue weighted by Gasteiger charge is 2.28. The normalized spacial score (nSPS) is 18.3. The number of hydrogen-bond donors (Lipinski definition) is 2. The van der Waals surface area contributed by atoms with Crippen molar-refractivity contribution in [1.82, 2.24) is 5.32 Å². The molecule has 0 saturated heterocycles. The summed E-state index contributed by atoms with van der Waals surface area (Å²) >= 11 is 0. The van der Waals surface area contributed by atoms with Crippen LogP contribution in [0, 0.1) is 0 Å². The number of benzene rings is 1. The molecule has 1 aliphatic rings. The summed E-state index contributed by atoms with van der Waals surface area (Å²) in [4.78, 5) is 2.41. The molecule has 1 aliphatic heterocycles. The highest BCUT2D eigenvalue weighted by atomic mass is 16.3. The lowest BCUT2D eigenvalue weighted by molar-refractivity contribution is 0.168. The van der Waals surface area contributed by atoms with E-state index < -0.39 is 0 Å². The van der Waals surface area contributed by atoms with Crippen LogP contribution in [0.2, 0.25) is 0 Å². The molecule has 0 bridgehead atoms. The Hall–Kier alpha value is -1.06. The summed E-state index contributed by atoms with van der Waals surface area (Å²) in [5.74, 6) is 0. The smallest absolute Gasteiger partial charge is 0.0628 e. The van der Waals surface area contributed by atoms with E-state index in [0.29, 0.717) is 6.04 Å². The molecule has 1 aromatic rings. The monoisotopic (exact) mass is 262 g/mol. The predicted octanol–water partition coefficient (Wildman–Crippen LogP) is 2.19. The molecule has 2 rings (SSSR count). The van der Waals surface area contributed by atoms with Crippen molar-refractivity contribution in [2.45, 2.75) is 45.2 Å². The first-order chi connectivity index (χ1) is 9.04. The molecule has 0 spiro atoms. The third-order valence-corrected chi connectivity index (χ3v) is 3.73. The van der Waals surface area contributed by atoms with Crippen LogP contribution in [0.3, 0.4) is 0 Å². The largest absolute Gasteiger partial charge is 0.394 e. The fourth-order valence-corrected chi connectivity index (χ4v) is 3.04. The SMILES string of the molecule is CC(C)NC(C)(CO)CN1CCCc2ccccc21. The third kappa shape index (κ3) is 3.48. The lowest BCUT2D eigenvalue weighted by Crippen LogP contribution is -2.57. The Bertz CT molecular complexity index is 419. The maximum absolute atomic E-state index is 9.72. The van der Waals surface area contributed by atoms with Crippen molar-refractivity contribution in [2.75, 3.05) is 24.6 Å². The van der Waals surface area contributed by atoms with Gasteiger partial charge >= 0.3 is 0 Å². The number of fused-ring (bicyclic) bond motifs is 1. The fourth-order valence-electron chi connectivity index (χ4n) is 3.04. The minimum absolute atomic E-state index is 0.157. The molecule has 0 aromatic heterocycles. The van der Waals surface area contributed by atoms with Crippen molar-refractivity contribution in [2.24, 2.45) is 0 Å². The average molecular weight is 262 g/mol. The topological polar surface area (TPSA) is 35.5 Å². The molecule has 0 saturated carbocycles. The van der Waals surface area contributed by atoms with E-state index in [1.165, 1.54) is 24.1 Å². The summed E-state index contributed by atoms with van der Waals surface area (Å²) in [6.45, 7) is 8.43. The minimum atomic E-state index is -0.251. The Labute approximate surface area is 116 Å². The zero-order valence-corrected chi connectivity index (χ0v) is 12.3. The van der Waals surface area contributed by atoms with E-state index >= 15 is 0 Å². The van der Waals surface area contributed by atoms with E-state index in [1.54, 1.807) is 0 Å². The lowest BCUT2D eigenvalue weighted by Gasteiger charge is -2.40. The maximum Gasteiger partial charge on any atom is 0.0628 e. The number of nitrogens with one attached hydrogen (secondary N) is 1. The van der Waals surface area contributed by atoms with Gasteiger partial charge < -0.3 is 15.3 Å². The molecule has 0 amide bonds. The van der Waals surface area contributed by atoms with Gasteiger partial charge in [0.15, 0.2) is 0 Å². The van der Waals surface area contributed by atoms with Crippen LogP contribution >= 0.6 is 0 Å². The van der Waals surface area contributed by atoms with Crippen molar-refractivity contribution < 1.29 is 5.11 Å². The van der Waals surface area contributed by atoms with Gasteiger partial charge in [-0.05, 0) is 31.4 Å². The van der Waals surface area contributed by atoms with Crippen molar-refractivity contribution in [3.05, 3.63) is 29.8 Å². The summed E-state index contributed by atoms with van der Waals surface area (Å²) in [5.41, 5.74) is 2.51. The van der Waals surface area contributed by atoms with Crippen LogP contribution in [-0.2, 0) is 6.42 Å². The Morgan fingerprint density at radius 2 is 2.11 bits per heavy atom. The van der Waals surface area contributed by atoms with Crippen molar-refractivity contribution in [3.8, 4) is 0 Å². The van der Waals surface area contributed by atoms with Gasteiger partial charge in [-0.1, -0.05) is 32.0 Å². The van der Waals surface area contributed by atoms with Gasteiger partial charge in [0.05, 0.1) is 12.1 Å². The lowest BCUT2D eigenvalue weighted by atomic mass is 9.97. The Morgan fingerprint density at radius 3 is 2.79 bits per heavy atom. The number of hydrogen-bond acceptors (Lipinski definition) is 3. The Morgan fingerprint density at radius 1 is 1.37 bits per heavy atom. The molecular formula is C16H26N2O. The van der Waals surface area contributed by atoms with Crippen LogP contribution < -0.4 is 10.2 Å². The van der Waals surface area contributed by atoms with Gasteiger partial charge in [-0.2, -0.15) is 0 Å². The number of nitrogens with zero attached hydrogens (tertiary/aromatic N) is 1. The first-order valence-electron chi connectivity index (χ1n) is 7.25. The predicted molar refractivity (Wildman–Crippen MR) is 80.7 cm³/mol. The summed E-state index contributed by atoms with van der Waals surface area (Å²) in [7, 11) is 0. The van der Waals surface area contributed by atoms with Crippen molar-refractivity contribution in [1.29, 1.82) is 0 Å². The second-order valence-electron chi connectivity index (χ2n) is 6.17. The molecular weight excluding hydrogens is 236 g/mol. The highest BCUT2D eigenvalue weighted by Crippen LogP contribution is 2.27. The molecule has 1 unspecified atom stereocenters. The van der Waals surface area contributed by atoms with E-state index in [4.69, 9.17) is 0 Å². The number of anilines is 1. The van der Waals surface area contributed by atoms with Crippen LogP contribution in [-0.4, -0.2) is 36.4 Å². The number of aryl methyl sites for hydroxylation is 1.